The van der Waals surface area contributed by atoms with Gasteiger partial charge in [0.25, 0.3) is 0 Å². The van der Waals surface area contributed by atoms with Gasteiger partial charge in [-0.1, -0.05) is 23.7 Å². The molecule has 100 valence electrons. The molecule has 6 heteroatoms. The molecule has 3 N–H and O–H groups in total. The third-order valence-corrected chi connectivity index (χ3v) is 3.60. The maximum atomic E-state index is 6.26. The van der Waals surface area contributed by atoms with Crippen LogP contribution in [0, 0.1) is 0 Å². The number of fused-ring (bicyclic) bond motifs is 1. The van der Waals surface area contributed by atoms with E-state index in [1.165, 1.54) is 0 Å². The van der Waals surface area contributed by atoms with Gasteiger partial charge in [-0.2, -0.15) is 0 Å². The van der Waals surface area contributed by atoms with E-state index in [0.717, 1.165) is 48.3 Å². The van der Waals surface area contributed by atoms with Gasteiger partial charge in [-0.25, -0.2) is 0 Å². The standard InChI is InChI=1S/C13H16ClN5/c14-10-3-1-9(2-4-10)7-11(15)13-18-17-12-8-16-5-6-19(12)13/h1-4,11,16H,5-8,15H2/t11-/m1/s1. The molecule has 0 saturated heterocycles. The van der Waals surface area contributed by atoms with Crippen LogP contribution in [-0.2, 0) is 19.5 Å². The van der Waals surface area contributed by atoms with Crippen molar-refractivity contribution in [1.82, 2.24) is 20.1 Å². The number of rotatable bonds is 3. The summed E-state index contributed by atoms with van der Waals surface area (Å²) in [5.41, 5.74) is 7.41. The van der Waals surface area contributed by atoms with Gasteiger partial charge in [0.05, 0.1) is 12.6 Å². The number of hydrogen-bond acceptors (Lipinski definition) is 4. The molecule has 1 aromatic carbocycles. The molecule has 0 radical (unpaired) electrons. The number of halogens is 1. The van der Waals surface area contributed by atoms with Crippen molar-refractivity contribution >= 4 is 11.6 Å². The lowest BCUT2D eigenvalue weighted by molar-refractivity contribution is 0.478. The van der Waals surface area contributed by atoms with Crippen LogP contribution in [0.25, 0.3) is 0 Å². The lowest BCUT2D eigenvalue weighted by Crippen LogP contribution is -2.30. The number of aromatic nitrogens is 3. The second-order valence-corrected chi connectivity index (χ2v) is 5.18. The lowest BCUT2D eigenvalue weighted by Gasteiger charge is -2.18. The molecule has 0 spiro atoms. The number of nitrogens with one attached hydrogen (secondary N) is 1. The summed E-state index contributed by atoms with van der Waals surface area (Å²) in [6.07, 6.45) is 0.739. The van der Waals surface area contributed by atoms with Gasteiger partial charge < -0.3 is 15.6 Å². The summed E-state index contributed by atoms with van der Waals surface area (Å²) in [5, 5.41) is 12.4. The number of benzene rings is 1. The van der Waals surface area contributed by atoms with E-state index in [0.29, 0.717) is 0 Å². The molecule has 1 atom stereocenters. The highest BCUT2D eigenvalue weighted by Crippen LogP contribution is 2.18. The van der Waals surface area contributed by atoms with Gasteiger partial charge >= 0.3 is 0 Å². The molecule has 19 heavy (non-hydrogen) atoms. The van der Waals surface area contributed by atoms with Crippen LogP contribution in [0.4, 0.5) is 0 Å². The predicted molar refractivity (Wildman–Crippen MR) is 73.8 cm³/mol. The van der Waals surface area contributed by atoms with E-state index in [9.17, 15) is 0 Å². The first kappa shape index (κ1) is 12.6. The van der Waals surface area contributed by atoms with E-state index < -0.39 is 0 Å². The Balaban J connectivity index is 1.78. The average molecular weight is 278 g/mol. The van der Waals surface area contributed by atoms with Crippen molar-refractivity contribution in [3.63, 3.8) is 0 Å². The van der Waals surface area contributed by atoms with Crippen LogP contribution in [-0.4, -0.2) is 21.3 Å². The Hall–Kier alpha value is -1.43. The zero-order valence-electron chi connectivity index (χ0n) is 10.5. The van der Waals surface area contributed by atoms with Crippen LogP contribution in [0.2, 0.25) is 5.02 Å². The lowest BCUT2D eigenvalue weighted by atomic mass is 10.1. The van der Waals surface area contributed by atoms with Gasteiger partial charge in [-0.3, -0.25) is 0 Å². The molecule has 3 rings (SSSR count). The van der Waals surface area contributed by atoms with Crippen molar-refractivity contribution in [3.8, 4) is 0 Å². The minimum Gasteiger partial charge on any atom is -0.321 e. The van der Waals surface area contributed by atoms with Crippen molar-refractivity contribution in [2.75, 3.05) is 6.54 Å². The van der Waals surface area contributed by atoms with E-state index in [1.54, 1.807) is 0 Å². The van der Waals surface area contributed by atoms with E-state index >= 15 is 0 Å². The molecule has 1 aliphatic heterocycles. The first-order chi connectivity index (χ1) is 9.24. The Kier molecular flexibility index (Phi) is 3.50. The maximum Gasteiger partial charge on any atom is 0.150 e. The van der Waals surface area contributed by atoms with Gasteiger partial charge in [0.15, 0.2) is 0 Å². The Morgan fingerprint density at radius 2 is 2.11 bits per heavy atom. The normalized spacial score (nSPS) is 16.1. The SMILES string of the molecule is N[C@H](Cc1ccc(Cl)cc1)c1nnc2n1CCNC2. The maximum absolute atomic E-state index is 6.26. The molecule has 0 aliphatic carbocycles. The first-order valence-electron chi connectivity index (χ1n) is 6.37. The molecule has 0 bridgehead atoms. The number of nitrogens with zero attached hydrogens (tertiary/aromatic N) is 3. The summed E-state index contributed by atoms with van der Waals surface area (Å²) in [5.74, 6) is 1.83. The Morgan fingerprint density at radius 3 is 2.89 bits per heavy atom. The predicted octanol–water partition coefficient (Wildman–Crippen LogP) is 1.28. The summed E-state index contributed by atoms with van der Waals surface area (Å²) < 4.78 is 2.12. The van der Waals surface area contributed by atoms with E-state index in [4.69, 9.17) is 17.3 Å². The molecule has 1 aromatic heterocycles. The molecule has 2 heterocycles. The van der Waals surface area contributed by atoms with Crippen molar-refractivity contribution in [3.05, 3.63) is 46.5 Å². The number of nitrogens with two attached hydrogens (primary N) is 1. The van der Waals surface area contributed by atoms with Gasteiger partial charge in [0.1, 0.15) is 11.6 Å². The third kappa shape index (κ3) is 2.63. The fraction of sp³-hybridized carbons (Fsp3) is 0.385. The van der Waals surface area contributed by atoms with Crippen molar-refractivity contribution in [2.24, 2.45) is 5.73 Å². The molecule has 2 aromatic rings. The summed E-state index contributed by atoms with van der Waals surface area (Å²) in [7, 11) is 0. The van der Waals surface area contributed by atoms with E-state index in [2.05, 4.69) is 20.1 Å². The molecule has 0 saturated carbocycles. The summed E-state index contributed by atoms with van der Waals surface area (Å²) in [4.78, 5) is 0. The molecule has 0 fully saturated rings. The van der Waals surface area contributed by atoms with E-state index in [-0.39, 0.29) is 6.04 Å². The van der Waals surface area contributed by atoms with Crippen molar-refractivity contribution in [1.29, 1.82) is 0 Å². The average Bonchev–Trinajstić information content (AvgIpc) is 2.85. The number of hydrogen-bond donors (Lipinski definition) is 2. The second-order valence-electron chi connectivity index (χ2n) is 4.74. The second kappa shape index (κ2) is 5.28. The molecular formula is C13H16ClN5. The molecule has 5 nitrogen and oxygen atoms in total. The summed E-state index contributed by atoms with van der Waals surface area (Å²) in [6, 6.07) is 7.62. The van der Waals surface area contributed by atoms with E-state index in [1.807, 2.05) is 24.3 Å². The van der Waals surface area contributed by atoms with Crippen LogP contribution in [0.5, 0.6) is 0 Å². The monoisotopic (exact) mass is 277 g/mol. The zero-order valence-corrected chi connectivity index (χ0v) is 11.3. The fourth-order valence-electron chi connectivity index (χ4n) is 2.35. The molecule has 1 aliphatic rings. The Labute approximate surface area is 116 Å². The van der Waals surface area contributed by atoms with Crippen LogP contribution < -0.4 is 11.1 Å². The van der Waals surface area contributed by atoms with Gasteiger partial charge in [-0.15, -0.1) is 10.2 Å². The highest BCUT2D eigenvalue weighted by atomic mass is 35.5. The Bertz CT molecular complexity index is 563. The van der Waals surface area contributed by atoms with Crippen molar-refractivity contribution in [2.45, 2.75) is 25.6 Å². The highest BCUT2D eigenvalue weighted by Gasteiger charge is 2.20. The molecular weight excluding hydrogens is 262 g/mol. The zero-order chi connectivity index (χ0) is 13.2. The first-order valence-corrected chi connectivity index (χ1v) is 6.74. The topological polar surface area (TPSA) is 68.8 Å². The van der Waals surface area contributed by atoms with Crippen LogP contribution in [0.15, 0.2) is 24.3 Å². The summed E-state index contributed by atoms with van der Waals surface area (Å²) in [6.45, 7) is 2.58. The van der Waals surface area contributed by atoms with Crippen LogP contribution >= 0.6 is 11.6 Å². The highest BCUT2D eigenvalue weighted by molar-refractivity contribution is 6.30. The minimum atomic E-state index is -0.138. The van der Waals surface area contributed by atoms with Crippen LogP contribution in [0.1, 0.15) is 23.3 Å². The Morgan fingerprint density at radius 1 is 1.32 bits per heavy atom. The van der Waals surface area contributed by atoms with Gasteiger partial charge in [0, 0.05) is 18.1 Å². The van der Waals surface area contributed by atoms with Crippen molar-refractivity contribution < 1.29 is 0 Å². The minimum absolute atomic E-state index is 0.138. The molecule has 0 unspecified atom stereocenters. The largest absolute Gasteiger partial charge is 0.321 e. The third-order valence-electron chi connectivity index (χ3n) is 3.35. The van der Waals surface area contributed by atoms with Gasteiger partial charge in [0.2, 0.25) is 0 Å². The smallest absolute Gasteiger partial charge is 0.150 e. The fourth-order valence-corrected chi connectivity index (χ4v) is 2.48. The van der Waals surface area contributed by atoms with Gasteiger partial charge in [-0.05, 0) is 24.1 Å². The quantitative estimate of drug-likeness (QED) is 0.887. The van der Waals surface area contributed by atoms with Crippen LogP contribution in [0.3, 0.4) is 0 Å². The summed E-state index contributed by atoms with van der Waals surface area (Å²) >= 11 is 5.88. The molecule has 0 amide bonds.